The van der Waals surface area contributed by atoms with E-state index in [9.17, 15) is 24.3 Å². The van der Waals surface area contributed by atoms with Gasteiger partial charge in [0.15, 0.2) is 5.82 Å². The van der Waals surface area contributed by atoms with Crippen LogP contribution >= 0.6 is 0 Å². The van der Waals surface area contributed by atoms with Crippen molar-refractivity contribution in [2.45, 2.75) is 84.1 Å². The maximum absolute atomic E-state index is 13.9. The van der Waals surface area contributed by atoms with Crippen molar-refractivity contribution in [1.29, 1.82) is 0 Å². The Bertz CT molecular complexity index is 1390. The minimum atomic E-state index is -1.16. The van der Waals surface area contributed by atoms with E-state index in [1.807, 2.05) is 30.3 Å². The third-order valence-corrected chi connectivity index (χ3v) is 7.90. The molecule has 2 aromatic rings. The summed E-state index contributed by atoms with van der Waals surface area (Å²) in [5.41, 5.74) is -1.16. The number of piperidine rings is 1. The Morgan fingerprint density at radius 3 is 2.30 bits per heavy atom. The van der Waals surface area contributed by atoms with Gasteiger partial charge in [0.25, 0.3) is 5.91 Å². The van der Waals surface area contributed by atoms with Gasteiger partial charge in [-0.3, -0.25) is 14.4 Å². The number of anilines is 1. The van der Waals surface area contributed by atoms with Gasteiger partial charge in [-0.15, -0.1) is 0 Å². The summed E-state index contributed by atoms with van der Waals surface area (Å²) in [5, 5.41) is 14.0. The topological polar surface area (TPSA) is 154 Å². The van der Waals surface area contributed by atoms with Crippen LogP contribution in [0.25, 0.3) is 11.4 Å². The zero-order valence-corrected chi connectivity index (χ0v) is 27.5. The molecule has 13 nitrogen and oxygen atoms in total. The normalized spacial score (nSPS) is 19.3. The summed E-state index contributed by atoms with van der Waals surface area (Å²) < 4.78 is 10.5. The molecular weight excluding hydrogens is 592 g/mol. The van der Waals surface area contributed by atoms with Crippen LogP contribution in [0.15, 0.2) is 36.4 Å². The second-order valence-corrected chi connectivity index (χ2v) is 12.8. The third kappa shape index (κ3) is 9.15. The molecule has 1 aromatic carbocycles. The molecule has 2 aliphatic heterocycles. The minimum absolute atomic E-state index is 0.00188. The van der Waals surface area contributed by atoms with Gasteiger partial charge in [-0.1, -0.05) is 30.3 Å². The number of aromatic nitrogens is 2. The van der Waals surface area contributed by atoms with Crippen molar-refractivity contribution < 1.29 is 33.8 Å². The fraction of sp³-hybridized carbons (Fsp3) is 0.576. The molecule has 2 atom stereocenters. The van der Waals surface area contributed by atoms with E-state index in [1.54, 1.807) is 44.4 Å². The highest BCUT2D eigenvalue weighted by atomic mass is 16.6. The van der Waals surface area contributed by atoms with Crippen LogP contribution in [0.5, 0.6) is 0 Å². The highest BCUT2D eigenvalue weighted by Crippen LogP contribution is 2.31. The monoisotopic (exact) mass is 638 g/mol. The minimum Gasteiger partial charge on any atom is -0.460 e. The van der Waals surface area contributed by atoms with E-state index in [0.29, 0.717) is 30.2 Å². The molecule has 2 saturated heterocycles. The van der Waals surface area contributed by atoms with Crippen LogP contribution in [0.3, 0.4) is 0 Å². The molecule has 0 radical (unpaired) electrons. The van der Waals surface area contributed by atoms with Gasteiger partial charge in [0.2, 0.25) is 5.91 Å². The fourth-order valence-corrected chi connectivity index (χ4v) is 5.56. The predicted molar refractivity (Wildman–Crippen MR) is 171 cm³/mol. The van der Waals surface area contributed by atoms with Crippen LogP contribution in [0, 0.1) is 0 Å². The first-order valence-electron chi connectivity index (χ1n) is 15.9. The molecule has 0 spiro atoms. The van der Waals surface area contributed by atoms with E-state index in [1.165, 1.54) is 11.0 Å². The summed E-state index contributed by atoms with van der Waals surface area (Å²) in [6, 6.07) is 9.67. The predicted octanol–water partition coefficient (Wildman–Crippen LogP) is 3.36. The zero-order valence-electron chi connectivity index (χ0n) is 27.5. The summed E-state index contributed by atoms with van der Waals surface area (Å²) in [6.45, 7) is 10.6. The van der Waals surface area contributed by atoms with Crippen LogP contribution in [0.1, 0.15) is 77.2 Å². The molecule has 0 aliphatic carbocycles. The average Bonchev–Trinajstić information content (AvgIpc) is 3.02. The lowest BCUT2D eigenvalue weighted by Crippen LogP contribution is -2.56. The van der Waals surface area contributed by atoms with Crippen LogP contribution in [-0.2, 0) is 19.1 Å². The van der Waals surface area contributed by atoms with Gasteiger partial charge in [-0.05, 0) is 60.3 Å². The Labute approximate surface area is 270 Å². The number of amides is 3. The molecule has 13 heteroatoms. The number of ether oxygens (including phenoxy) is 2. The Kier molecular flexibility index (Phi) is 11.2. The van der Waals surface area contributed by atoms with Gasteiger partial charge in [0.1, 0.15) is 28.9 Å². The largest absolute Gasteiger partial charge is 0.460 e. The van der Waals surface area contributed by atoms with E-state index < -0.39 is 35.3 Å². The number of carbonyl (C=O) groups excluding carboxylic acids is 4. The van der Waals surface area contributed by atoms with Crippen molar-refractivity contribution in [1.82, 2.24) is 25.1 Å². The second-order valence-electron chi connectivity index (χ2n) is 12.8. The molecule has 3 amide bonds. The van der Waals surface area contributed by atoms with E-state index in [-0.39, 0.29) is 57.2 Å². The number of carbonyl (C=O) groups is 4. The van der Waals surface area contributed by atoms with E-state index in [0.717, 1.165) is 12.8 Å². The van der Waals surface area contributed by atoms with Crippen molar-refractivity contribution in [2.24, 2.45) is 0 Å². The average molecular weight is 639 g/mol. The molecular formula is C33H46N6O7. The van der Waals surface area contributed by atoms with Crippen molar-refractivity contribution in [3.8, 4) is 11.4 Å². The smallest absolute Gasteiger partial charge is 0.409 e. The van der Waals surface area contributed by atoms with Crippen molar-refractivity contribution >= 4 is 29.7 Å². The van der Waals surface area contributed by atoms with E-state index in [4.69, 9.17) is 14.5 Å². The number of esters is 1. The van der Waals surface area contributed by atoms with Crippen LogP contribution < -0.4 is 10.2 Å². The molecule has 3 heterocycles. The Hall–Kier alpha value is -4.26. The first kappa shape index (κ1) is 34.6. The molecule has 0 saturated carbocycles. The molecule has 2 fully saturated rings. The van der Waals surface area contributed by atoms with Gasteiger partial charge >= 0.3 is 12.1 Å². The van der Waals surface area contributed by atoms with Gasteiger partial charge in [-0.2, -0.15) is 0 Å². The van der Waals surface area contributed by atoms with Crippen LogP contribution in [0.2, 0.25) is 0 Å². The Balaban J connectivity index is 1.60. The zero-order chi connectivity index (χ0) is 33.5. The molecule has 2 aliphatic rings. The summed E-state index contributed by atoms with van der Waals surface area (Å²) in [7, 11) is 0. The quantitative estimate of drug-likeness (QED) is 0.391. The van der Waals surface area contributed by atoms with Gasteiger partial charge in [-0.25, -0.2) is 14.8 Å². The number of rotatable bonds is 9. The number of piperazine rings is 1. The molecule has 1 aromatic heterocycles. The standard InChI is InChI=1S/C33H46N6O7/c1-6-45-31(43)38-20-18-37(19-21-38)30(42)24(14-15-27(40)46-32(2,3)4)35-29(41)25-22-26(39-17-11-10-16-33(39,5)44)36-28(34-25)23-12-8-7-9-13-23/h7-9,12-13,22,24,44H,6,10-11,14-21H2,1-5H3,(H,35,41)/t24-,33?/m0/s1. The molecule has 4 rings (SSSR count). The fourth-order valence-electron chi connectivity index (χ4n) is 5.56. The van der Waals surface area contributed by atoms with Crippen LogP contribution in [0.4, 0.5) is 10.6 Å². The van der Waals surface area contributed by atoms with Gasteiger partial charge in [0.05, 0.1) is 6.61 Å². The second kappa shape index (κ2) is 14.9. The first-order chi connectivity index (χ1) is 21.8. The van der Waals surface area contributed by atoms with Crippen molar-refractivity contribution in [2.75, 3.05) is 44.2 Å². The SMILES string of the molecule is CCOC(=O)N1CCN(C(=O)[C@H](CCC(=O)OC(C)(C)C)NC(=O)c2cc(N3CCCCC3(C)O)nc(-c3ccccc3)n2)CC1. The number of aliphatic hydroxyl groups is 1. The molecule has 2 N–H and O–H groups in total. The number of nitrogens with one attached hydrogen (secondary N) is 1. The van der Waals surface area contributed by atoms with Gasteiger partial charge < -0.3 is 34.6 Å². The molecule has 46 heavy (non-hydrogen) atoms. The number of benzene rings is 1. The lowest BCUT2D eigenvalue weighted by atomic mass is 10.00. The Morgan fingerprint density at radius 1 is 1.00 bits per heavy atom. The van der Waals surface area contributed by atoms with Crippen molar-refractivity contribution in [3.05, 3.63) is 42.1 Å². The highest BCUT2D eigenvalue weighted by Gasteiger charge is 2.35. The number of hydrogen-bond donors (Lipinski definition) is 2. The maximum Gasteiger partial charge on any atom is 0.409 e. The third-order valence-electron chi connectivity index (χ3n) is 7.90. The van der Waals surface area contributed by atoms with E-state index in [2.05, 4.69) is 10.3 Å². The molecule has 1 unspecified atom stereocenters. The summed E-state index contributed by atoms with van der Waals surface area (Å²) in [5.74, 6) is -0.788. The highest BCUT2D eigenvalue weighted by molar-refractivity contribution is 5.97. The van der Waals surface area contributed by atoms with Crippen LogP contribution in [-0.4, -0.2) is 105 Å². The van der Waals surface area contributed by atoms with Gasteiger partial charge in [0, 0.05) is 50.8 Å². The summed E-state index contributed by atoms with van der Waals surface area (Å²) in [6.07, 6.45) is 1.73. The molecule has 0 bridgehead atoms. The summed E-state index contributed by atoms with van der Waals surface area (Å²) in [4.78, 5) is 66.6. The summed E-state index contributed by atoms with van der Waals surface area (Å²) >= 11 is 0. The lowest BCUT2D eigenvalue weighted by molar-refractivity contribution is -0.155. The Morgan fingerprint density at radius 2 is 1.67 bits per heavy atom. The molecule has 250 valence electrons. The lowest BCUT2D eigenvalue weighted by Gasteiger charge is -2.41. The number of nitrogens with zero attached hydrogens (tertiary/aromatic N) is 5. The first-order valence-corrected chi connectivity index (χ1v) is 15.9. The maximum atomic E-state index is 13.9. The number of hydrogen-bond acceptors (Lipinski definition) is 10. The van der Waals surface area contributed by atoms with Crippen molar-refractivity contribution in [3.63, 3.8) is 0 Å². The van der Waals surface area contributed by atoms with E-state index >= 15 is 0 Å².